The van der Waals surface area contributed by atoms with E-state index in [0.717, 1.165) is 24.9 Å². The fraction of sp³-hybridized carbons (Fsp3) is 0.583. The summed E-state index contributed by atoms with van der Waals surface area (Å²) in [5.74, 6) is 0.341. The number of carbonyl (C=O) groups excluding carboxylic acids is 1. The highest BCUT2D eigenvalue weighted by atomic mass is 35.5. The second-order valence-corrected chi connectivity index (χ2v) is 4.48. The summed E-state index contributed by atoms with van der Waals surface area (Å²) in [4.78, 5) is 11.9. The zero-order valence-corrected chi connectivity index (χ0v) is 11.0. The second kappa shape index (κ2) is 6.07. The van der Waals surface area contributed by atoms with Gasteiger partial charge in [-0.1, -0.05) is 0 Å². The number of aryl methyl sites for hydroxylation is 1. The van der Waals surface area contributed by atoms with Crippen LogP contribution in [0.15, 0.2) is 16.7 Å². The summed E-state index contributed by atoms with van der Waals surface area (Å²) in [5, 5.41) is 6.38. The highest BCUT2D eigenvalue weighted by Gasteiger charge is 2.22. The van der Waals surface area contributed by atoms with Crippen LogP contribution in [-0.2, 0) is 0 Å². The van der Waals surface area contributed by atoms with Crippen LogP contribution in [0.25, 0.3) is 0 Å². The first-order valence-electron chi connectivity index (χ1n) is 5.75. The first kappa shape index (κ1) is 14.1. The van der Waals surface area contributed by atoms with Crippen LogP contribution < -0.4 is 10.6 Å². The Hall–Kier alpha value is -1.00. The predicted molar refractivity (Wildman–Crippen MR) is 68.6 cm³/mol. The summed E-state index contributed by atoms with van der Waals surface area (Å²) in [6.45, 7) is 4.98. The molecule has 0 saturated carbocycles. The lowest BCUT2D eigenvalue weighted by molar-refractivity contribution is 0.0896. The molecule has 2 atom stereocenters. The van der Waals surface area contributed by atoms with Gasteiger partial charge in [-0.3, -0.25) is 4.79 Å². The second-order valence-electron chi connectivity index (χ2n) is 4.48. The van der Waals surface area contributed by atoms with Crippen molar-refractivity contribution in [3.8, 4) is 0 Å². The monoisotopic (exact) mass is 258 g/mol. The van der Waals surface area contributed by atoms with Gasteiger partial charge < -0.3 is 15.1 Å². The molecule has 96 valence electrons. The maximum Gasteiger partial charge on any atom is 0.287 e. The molecule has 2 rings (SSSR count). The molecule has 1 aromatic heterocycles. The van der Waals surface area contributed by atoms with Crippen molar-refractivity contribution >= 4 is 18.3 Å². The Morgan fingerprint density at radius 3 is 2.94 bits per heavy atom. The third-order valence-corrected chi connectivity index (χ3v) is 3.03. The molecule has 17 heavy (non-hydrogen) atoms. The topological polar surface area (TPSA) is 54.3 Å². The first-order valence-corrected chi connectivity index (χ1v) is 5.75. The van der Waals surface area contributed by atoms with E-state index in [0.29, 0.717) is 11.8 Å². The number of hydrogen-bond donors (Lipinski definition) is 2. The molecule has 0 spiro atoms. The van der Waals surface area contributed by atoms with E-state index in [9.17, 15) is 4.79 Å². The maximum absolute atomic E-state index is 11.9. The Morgan fingerprint density at radius 2 is 2.35 bits per heavy atom. The van der Waals surface area contributed by atoms with Crippen LogP contribution in [0.3, 0.4) is 0 Å². The number of carbonyl (C=O) groups is 1. The fourth-order valence-corrected chi connectivity index (χ4v) is 2.12. The number of hydrogen-bond acceptors (Lipinski definition) is 3. The summed E-state index contributed by atoms with van der Waals surface area (Å²) >= 11 is 0. The summed E-state index contributed by atoms with van der Waals surface area (Å²) in [5.41, 5.74) is 0.888. The van der Waals surface area contributed by atoms with Crippen LogP contribution in [0.5, 0.6) is 0 Å². The average molecular weight is 259 g/mol. The van der Waals surface area contributed by atoms with E-state index in [-0.39, 0.29) is 24.4 Å². The van der Waals surface area contributed by atoms with Crippen molar-refractivity contribution in [3.05, 3.63) is 23.7 Å². The summed E-state index contributed by atoms with van der Waals surface area (Å²) in [6, 6.07) is 2.53. The van der Waals surface area contributed by atoms with Crippen LogP contribution in [-0.4, -0.2) is 24.5 Å². The predicted octanol–water partition coefficient (Wildman–Crippen LogP) is 1.88. The minimum Gasteiger partial charge on any atom is -0.459 e. The van der Waals surface area contributed by atoms with E-state index in [1.165, 1.54) is 0 Å². The van der Waals surface area contributed by atoms with Gasteiger partial charge in [-0.25, -0.2) is 0 Å². The molecule has 5 heteroatoms. The summed E-state index contributed by atoms with van der Waals surface area (Å²) in [6.07, 6.45) is 3.51. The minimum absolute atomic E-state index is 0. The van der Waals surface area contributed by atoms with Crippen LogP contribution in [0.2, 0.25) is 0 Å². The zero-order chi connectivity index (χ0) is 11.5. The smallest absolute Gasteiger partial charge is 0.287 e. The van der Waals surface area contributed by atoms with Crippen molar-refractivity contribution in [2.75, 3.05) is 6.54 Å². The Labute approximate surface area is 108 Å². The van der Waals surface area contributed by atoms with Crippen molar-refractivity contribution in [1.82, 2.24) is 10.6 Å². The maximum atomic E-state index is 11.9. The molecule has 4 nitrogen and oxygen atoms in total. The van der Waals surface area contributed by atoms with Crippen molar-refractivity contribution in [2.24, 2.45) is 0 Å². The van der Waals surface area contributed by atoms with Gasteiger partial charge in [0.2, 0.25) is 0 Å². The molecule has 1 fully saturated rings. The minimum atomic E-state index is -0.0957. The van der Waals surface area contributed by atoms with Crippen molar-refractivity contribution in [3.63, 3.8) is 0 Å². The lowest BCUT2D eigenvalue weighted by Crippen LogP contribution is -2.46. The third-order valence-electron chi connectivity index (χ3n) is 3.03. The van der Waals surface area contributed by atoms with Gasteiger partial charge in [0.1, 0.15) is 0 Å². The number of piperidine rings is 1. The van der Waals surface area contributed by atoms with Crippen LogP contribution in [0, 0.1) is 6.92 Å². The molecule has 2 heterocycles. The number of furan rings is 1. The molecule has 1 aliphatic rings. The lowest BCUT2D eigenvalue weighted by atomic mass is 10.0. The molecular formula is C12H19ClN2O2. The first-order chi connectivity index (χ1) is 7.66. The van der Waals surface area contributed by atoms with Gasteiger partial charge in [-0.05, 0) is 39.3 Å². The Bertz CT molecular complexity index is 378. The molecule has 0 aliphatic carbocycles. The molecule has 0 bridgehead atoms. The Balaban J connectivity index is 0.00000144. The molecule has 1 amide bonds. The fourth-order valence-electron chi connectivity index (χ4n) is 2.12. The summed E-state index contributed by atoms with van der Waals surface area (Å²) in [7, 11) is 0. The summed E-state index contributed by atoms with van der Waals surface area (Å²) < 4.78 is 5.17. The average Bonchev–Trinajstić information content (AvgIpc) is 2.64. The van der Waals surface area contributed by atoms with Crippen LogP contribution in [0.1, 0.15) is 35.9 Å². The van der Waals surface area contributed by atoms with Gasteiger partial charge >= 0.3 is 0 Å². The van der Waals surface area contributed by atoms with E-state index < -0.39 is 0 Å². The highest BCUT2D eigenvalue weighted by Crippen LogP contribution is 2.12. The zero-order valence-electron chi connectivity index (χ0n) is 10.2. The van der Waals surface area contributed by atoms with Crippen LogP contribution >= 0.6 is 12.4 Å². The number of amides is 1. The molecule has 0 aromatic carbocycles. The van der Waals surface area contributed by atoms with E-state index in [1.54, 1.807) is 12.3 Å². The van der Waals surface area contributed by atoms with Gasteiger partial charge in [0, 0.05) is 17.6 Å². The molecule has 2 unspecified atom stereocenters. The number of rotatable bonds is 2. The van der Waals surface area contributed by atoms with Gasteiger partial charge in [0.25, 0.3) is 5.91 Å². The van der Waals surface area contributed by atoms with E-state index >= 15 is 0 Å². The van der Waals surface area contributed by atoms with Gasteiger partial charge in [0.05, 0.1) is 6.26 Å². The van der Waals surface area contributed by atoms with Gasteiger partial charge in [-0.2, -0.15) is 0 Å². The quantitative estimate of drug-likeness (QED) is 0.852. The van der Waals surface area contributed by atoms with E-state index in [2.05, 4.69) is 17.6 Å². The number of nitrogens with one attached hydrogen (secondary N) is 2. The van der Waals surface area contributed by atoms with Crippen molar-refractivity contribution < 1.29 is 9.21 Å². The standard InChI is InChI=1S/C12H18N2O2.ClH/c1-8-4-6-16-11(8)12(15)14-10-3-5-13-9(2)7-10;/h4,6,9-10,13H,3,5,7H2,1-2H3,(H,14,15);1H. The molecule has 1 aliphatic heterocycles. The Kier molecular flexibility index (Phi) is 5.02. The van der Waals surface area contributed by atoms with E-state index in [4.69, 9.17) is 4.42 Å². The van der Waals surface area contributed by atoms with E-state index in [1.807, 2.05) is 6.92 Å². The van der Waals surface area contributed by atoms with Crippen molar-refractivity contribution in [1.29, 1.82) is 0 Å². The molecule has 0 radical (unpaired) electrons. The molecular weight excluding hydrogens is 240 g/mol. The lowest BCUT2D eigenvalue weighted by Gasteiger charge is -2.28. The molecule has 2 N–H and O–H groups in total. The largest absolute Gasteiger partial charge is 0.459 e. The van der Waals surface area contributed by atoms with Crippen molar-refractivity contribution in [2.45, 2.75) is 38.8 Å². The Morgan fingerprint density at radius 1 is 1.59 bits per heavy atom. The van der Waals surface area contributed by atoms with Gasteiger partial charge in [-0.15, -0.1) is 12.4 Å². The number of halogens is 1. The normalized spacial score (nSPS) is 23.9. The third kappa shape index (κ3) is 3.48. The van der Waals surface area contributed by atoms with Gasteiger partial charge in [0.15, 0.2) is 5.76 Å². The molecule has 1 aromatic rings. The highest BCUT2D eigenvalue weighted by molar-refractivity contribution is 5.92. The molecule has 1 saturated heterocycles. The van der Waals surface area contributed by atoms with Crippen LogP contribution in [0.4, 0.5) is 0 Å². The SMILES string of the molecule is Cc1ccoc1C(=O)NC1CCNC(C)C1.Cl.